The number of hydrogen-bond acceptors (Lipinski definition) is 4. The SMILES string of the molecule is [O-][N+]1(Pc2ccnc3n[nH]nc23)CCCC1. The molecule has 1 saturated heterocycles. The van der Waals surface area contributed by atoms with Crippen LogP contribution in [0, 0.1) is 5.21 Å². The highest BCUT2D eigenvalue weighted by Crippen LogP contribution is 2.34. The summed E-state index contributed by atoms with van der Waals surface area (Å²) in [7, 11) is 0.201. The Labute approximate surface area is 94.1 Å². The maximum Gasteiger partial charge on any atom is 0.202 e. The van der Waals surface area contributed by atoms with E-state index >= 15 is 0 Å². The Balaban J connectivity index is 1.96. The minimum Gasteiger partial charge on any atom is -0.632 e. The third-order valence-electron chi connectivity index (χ3n) is 2.84. The highest BCUT2D eigenvalue weighted by Gasteiger charge is 2.25. The van der Waals surface area contributed by atoms with Crippen molar-refractivity contribution in [3.63, 3.8) is 0 Å². The van der Waals surface area contributed by atoms with Crippen LogP contribution in [0.3, 0.4) is 0 Å². The van der Waals surface area contributed by atoms with Crippen molar-refractivity contribution in [3.05, 3.63) is 17.5 Å². The monoisotopic (exact) mass is 237 g/mol. The molecule has 3 heterocycles. The first kappa shape index (κ1) is 10.1. The molecule has 2 aromatic rings. The zero-order valence-electron chi connectivity index (χ0n) is 8.68. The molecule has 0 saturated carbocycles. The first-order valence-corrected chi connectivity index (χ1v) is 6.23. The number of hydroxylamine groups is 2. The maximum atomic E-state index is 12.3. The van der Waals surface area contributed by atoms with Crippen molar-refractivity contribution in [2.24, 2.45) is 0 Å². The molecule has 1 atom stereocenters. The molecule has 0 bridgehead atoms. The molecule has 3 rings (SSSR count). The van der Waals surface area contributed by atoms with Crippen LogP contribution >= 0.6 is 8.73 Å². The molecule has 1 aliphatic heterocycles. The molecule has 1 unspecified atom stereocenters. The van der Waals surface area contributed by atoms with E-state index in [1.807, 2.05) is 6.07 Å². The van der Waals surface area contributed by atoms with E-state index in [1.165, 1.54) is 0 Å². The van der Waals surface area contributed by atoms with Crippen LogP contribution in [-0.4, -0.2) is 37.9 Å². The van der Waals surface area contributed by atoms with Crippen LogP contribution in [-0.2, 0) is 0 Å². The van der Waals surface area contributed by atoms with E-state index in [2.05, 4.69) is 20.4 Å². The largest absolute Gasteiger partial charge is 0.632 e. The van der Waals surface area contributed by atoms with E-state index in [-0.39, 0.29) is 13.1 Å². The van der Waals surface area contributed by atoms with Gasteiger partial charge in [0, 0.05) is 19.0 Å². The minimum absolute atomic E-state index is 0.105. The van der Waals surface area contributed by atoms with Gasteiger partial charge in [-0.15, -0.1) is 5.10 Å². The van der Waals surface area contributed by atoms with E-state index in [0.29, 0.717) is 5.65 Å². The van der Waals surface area contributed by atoms with Crippen molar-refractivity contribution < 1.29 is 4.42 Å². The van der Waals surface area contributed by atoms with E-state index in [1.54, 1.807) is 6.20 Å². The molecule has 84 valence electrons. The van der Waals surface area contributed by atoms with E-state index in [9.17, 15) is 5.21 Å². The average Bonchev–Trinajstić information content (AvgIpc) is 2.87. The highest BCUT2D eigenvalue weighted by molar-refractivity contribution is 7.41. The third-order valence-corrected chi connectivity index (χ3v) is 4.33. The summed E-state index contributed by atoms with van der Waals surface area (Å²) in [5, 5.41) is 23.8. The van der Waals surface area contributed by atoms with Gasteiger partial charge in [0.25, 0.3) is 0 Å². The summed E-state index contributed by atoms with van der Waals surface area (Å²) in [4.78, 5) is 4.09. The fourth-order valence-corrected chi connectivity index (χ4v) is 3.43. The number of hydrogen-bond donors (Lipinski definition) is 1. The van der Waals surface area contributed by atoms with Gasteiger partial charge < -0.3 is 9.62 Å². The Kier molecular flexibility index (Phi) is 2.35. The van der Waals surface area contributed by atoms with Crippen LogP contribution in [0.25, 0.3) is 11.2 Å². The molecule has 1 aliphatic rings. The summed E-state index contributed by atoms with van der Waals surface area (Å²) >= 11 is 0. The van der Waals surface area contributed by atoms with Crippen molar-refractivity contribution in [2.45, 2.75) is 12.8 Å². The van der Waals surface area contributed by atoms with Crippen molar-refractivity contribution in [2.75, 3.05) is 13.1 Å². The van der Waals surface area contributed by atoms with Gasteiger partial charge in [-0.2, -0.15) is 10.3 Å². The third kappa shape index (κ3) is 1.69. The first-order chi connectivity index (χ1) is 7.77. The van der Waals surface area contributed by atoms with Crippen LogP contribution < -0.4 is 5.30 Å². The first-order valence-electron chi connectivity index (χ1n) is 5.29. The van der Waals surface area contributed by atoms with Crippen LogP contribution in [0.4, 0.5) is 0 Å². The summed E-state index contributed by atoms with van der Waals surface area (Å²) in [5.74, 6) is 0. The summed E-state index contributed by atoms with van der Waals surface area (Å²) in [6.45, 7) is 1.44. The standard InChI is InChI=1S/C9H12N5OP/c15-14(5-1-2-6-14)16-7-3-4-10-9-8(7)11-13-12-9/h3-4,16H,1-2,5-6H2,(H,10,11,12,13). The van der Waals surface area contributed by atoms with Gasteiger partial charge in [-0.25, -0.2) is 4.98 Å². The number of H-pyrrole nitrogens is 1. The molecule has 0 spiro atoms. The summed E-state index contributed by atoms with van der Waals surface area (Å²) < 4.78 is -0.105. The van der Waals surface area contributed by atoms with Crippen LogP contribution in [0.1, 0.15) is 12.8 Å². The maximum absolute atomic E-state index is 12.3. The molecule has 16 heavy (non-hydrogen) atoms. The fraction of sp³-hybridized carbons (Fsp3) is 0.444. The molecule has 0 aliphatic carbocycles. The van der Waals surface area contributed by atoms with Gasteiger partial charge in [-0.1, -0.05) is 0 Å². The van der Waals surface area contributed by atoms with Crippen LogP contribution in [0.2, 0.25) is 0 Å². The lowest BCUT2D eigenvalue weighted by atomic mass is 10.4. The van der Waals surface area contributed by atoms with Gasteiger partial charge >= 0.3 is 0 Å². The topological polar surface area (TPSA) is 77.5 Å². The number of aromatic nitrogens is 4. The Morgan fingerprint density at radius 3 is 2.94 bits per heavy atom. The lowest BCUT2D eigenvalue weighted by molar-refractivity contribution is -0.733. The van der Waals surface area contributed by atoms with Gasteiger partial charge in [0.2, 0.25) is 5.65 Å². The second-order valence-corrected chi connectivity index (χ2v) is 5.59. The second kappa shape index (κ2) is 3.73. The molecule has 7 heteroatoms. The predicted octanol–water partition coefficient (Wildman–Crippen LogP) is 0.680. The average molecular weight is 237 g/mol. The summed E-state index contributed by atoms with van der Waals surface area (Å²) in [5.41, 5.74) is 1.33. The number of quaternary nitrogens is 1. The Morgan fingerprint density at radius 1 is 1.31 bits per heavy atom. The highest BCUT2D eigenvalue weighted by atomic mass is 31.1. The Hall–Kier alpha value is -1.10. The Morgan fingerprint density at radius 2 is 2.12 bits per heavy atom. The second-order valence-electron chi connectivity index (χ2n) is 4.01. The van der Waals surface area contributed by atoms with Crippen LogP contribution in [0.5, 0.6) is 0 Å². The molecule has 0 aromatic carbocycles. The lowest BCUT2D eigenvalue weighted by Gasteiger charge is -2.37. The van der Waals surface area contributed by atoms with Crippen molar-refractivity contribution in [1.29, 1.82) is 0 Å². The van der Waals surface area contributed by atoms with Crippen molar-refractivity contribution >= 4 is 25.2 Å². The van der Waals surface area contributed by atoms with E-state index < -0.39 is 0 Å². The zero-order valence-corrected chi connectivity index (χ0v) is 9.68. The van der Waals surface area contributed by atoms with Gasteiger partial charge in [-0.05, 0) is 6.07 Å². The van der Waals surface area contributed by atoms with E-state index in [4.69, 9.17) is 0 Å². The molecule has 6 nitrogen and oxygen atoms in total. The predicted molar refractivity (Wildman–Crippen MR) is 62.2 cm³/mol. The van der Waals surface area contributed by atoms with Gasteiger partial charge in [-0.3, -0.25) is 0 Å². The normalized spacial score (nSPS) is 20.1. The molecule has 1 N–H and O–H groups in total. The quantitative estimate of drug-likeness (QED) is 0.615. The van der Waals surface area contributed by atoms with Crippen LogP contribution in [0.15, 0.2) is 12.3 Å². The molecular weight excluding hydrogens is 225 g/mol. The van der Waals surface area contributed by atoms with Crippen molar-refractivity contribution in [1.82, 2.24) is 20.4 Å². The van der Waals surface area contributed by atoms with E-state index in [0.717, 1.165) is 36.8 Å². The lowest BCUT2D eigenvalue weighted by Crippen LogP contribution is -2.31. The Bertz CT molecular complexity index is 507. The molecular formula is C9H12N5OP. The summed E-state index contributed by atoms with van der Waals surface area (Å²) in [6.07, 6.45) is 3.75. The smallest absolute Gasteiger partial charge is 0.202 e. The number of aromatic amines is 1. The number of rotatable bonds is 2. The van der Waals surface area contributed by atoms with Gasteiger partial charge in [0.1, 0.15) is 14.2 Å². The van der Waals surface area contributed by atoms with Gasteiger partial charge in [0.05, 0.1) is 18.4 Å². The zero-order chi connectivity index (χ0) is 11.0. The number of nitrogens with zero attached hydrogens (tertiary/aromatic N) is 4. The molecule has 0 radical (unpaired) electrons. The number of fused-ring (bicyclic) bond motifs is 1. The molecule has 2 aromatic heterocycles. The van der Waals surface area contributed by atoms with Gasteiger partial charge in [0.15, 0.2) is 0 Å². The molecule has 0 amide bonds. The summed E-state index contributed by atoms with van der Waals surface area (Å²) in [6, 6.07) is 1.87. The number of nitrogens with one attached hydrogen (secondary N) is 1. The number of pyridine rings is 1. The molecule has 1 fully saturated rings. The van der Waals surface area contributed by atoms with Crippen molar-refractivity contribution in [3.8, 4) is 0 Å². The fourth-order valence-electron chi connectivity index (χ4n) is 2.03. The minimum atomic E-state index is -0.105.